The SMILES string of the molecule is C=CC1C(=O)c2cccc3n[nH]c(c23)C1C=C. The summed E-state index contributed by atoms with van der Waals surface area (Å²) in [6.45, 7) is 7.56. The van der Waals surface area contributed by atoms with Gasteiger partial charge in [-0.15, -0.1) is 13.2 Å². The molecule has 1 N–H and O–H groups in total. The molecule has 0 saturated heterocycles. The van der Waals surface area contributed by atoms with Crippen LogP contribution in [0.15, 0.2) is 43.5 Å². The van der Waals surface area contributed by atoms with Gasteiger partial charge >= 0.3 is 0 Å². The first-order valence-corrected chi connectivity index (χ1v) is 5.54. The van der Waals surface area contributed by atoms with E-state index < -0.39 is 0 Å². The first kappa shape index (κ1) is 10.0. The molecule has 1 heterocycles. The maximum absolute atomic E-state index is 12.3. The Labute approximate surface area is 98.8 Å². The molecule has 1 aromatic carbocycles. The lowest BCUT2D eigenvalue weighted by atomic mass is 9.77. The minimum atomic E-state index is -0.244. The Balaban J connectivity index is 2.40. The summed E-state index contributed by atoms with van der Waals surface area (Å²) < 4.78 is 0. The number of Topliss-reactive ketones (excluding diaryl/α,β-unsaturated/α-hetero) is 1. The van der Waals surface area contributed by atoms with Gasteiger partial charge in [-0.1, -0.05) is 24.3 Å². The summed E-state index contributed by atoms with van der Waals surface area (Å²) in [6, 6.07) is 5.61. The molecule has 0 saturated carbocycles. The summed E-state index contributed by atoms with van der Waals surface area (Å²) in [7, 11) is 0. The number of carbonyl (C=O) groups is 1. The van der Waals surface area contributed by atoms with Crippen LogP contribution in [0, 0.1) is 5.92 Å². The second-order valence-electron chi connectivity index (χ2n) is 4.22. The minimum Gasteiger partial charge on any atom is -0.293 e. The minimum absolute atomic E-state index is 0.0556. The largest absolute Gasteiger partial charge is 0.293 e. The van der Waals surface area contributed by atoms with Gasteiger partial charge in [-0.3, -0.25) is 9.89 Å². The van der Waals surface area contributed by atoms with Crippen LogP contribution in [0.4, 0.5) is 0 Å². The lowest BCUT2D eigenvalue weighted by Crippen LogP contribution is -2.24. The smallest absolute Gasteiger partial charge is 0.171 e. The predicted octanol–water partition coefficient (Wildman–Crippen LogP) is 2.83. The normalized spacial score (nSPS) is 22.7. The topological polar surface area (TPSA) is 45.8 Å². The summed E-state index contributed by atoms with van der Waals surface area (Å²) in [5, 5.41) is 8.18. The zero-order valence-electron chi connectivity index (χ0n) is 9.31. The number of nitrogens with one attached hydrogen (secondary N) is 1. The van der Waals surface area contributed by atoms with Crippen LogP contribution in [0.3, 0.4) is 0 Å². The summed E-state index contributed by atoms with van der Waals surface area (Å²) in [4.78, 5) is 12.3. The van der Waals surface area contributed by atoms with Crippen LogP contribution < -0.4 is 0 Å². The maximum Gasteiger partial charge on any atom is 0.171 e. The highest BCUT2D eigenvalue weighted by Crippen LogP contribution is 2.39. The van der Waals surface area contributed by atoms with Gasteiger partial charge in [0.25, 0.3) is 0 Å². The van der Waals surface area contributed by atoms with E-state index in [4.69, 9.17) is 0 Å². The van der Waals surface area contributed by atoms with Gasteiger partial charge in [-0.05, 0) is 6.07 Å². The van der Waals surface area contributed by atoms with E-state index in [9.17, 15) is 4.79 Å². The van der Waals surface area contributed by atoms with Crippen LogP contribution in [0.1, 0.15) is 22.0 Å². The Morgan fingerprint density at radius 1 is 1.24 bits per heavy atom. The van der Waals surface area contributed by atoms with Gasteiger partial charge in [0.05, 0.1) is 17.1 Å². The number of H-pyrrole nitrogens is 1. The van der Waals surface area contributed by atoms with Crippen molar-refractivity contribution in [1.82, 2.24) is 10.2 Å². The van der Waals surface area contributed by atoms with Gasteiger partial charge in [0.1, 0.15) is 0 Å². The average molecular weight is 224 g/mol. The van der Waals surface area contributed by atoms with Crippen LogP contribution in [0.2, 0.25) is 0 Å². The number of nitrogens with zero attached hydrogens (tertiary/aromatic N) is 1. The maximum atomic E-state index is 12.3. The molecular weight excluding hydrogens is 212 g/mol. The van der Waals surface area contributed by atoms with E-state index in [0.717, 1.165) is 22.2 Å². The van der Waals surface area contributed by atoms with E-state index in [2.05, 4.69) is 23.4 Å². The standard InChI is InChI=1S/C14H12N2O/c1-3-8-9(4-2)14(17)10-6-5-7-11-12(10)13(8)16-15-11/h3-9H,1-2H2,(H,15,16). The molecule has 0 fully saturated rings. The average Bonchev–Trinajstić information content (AvgIpc) is 2.78. The van der Waals surface area contributed by atoms with Gasteiger partial charge in [0.2, 0.25) is 0 Å². The Hall–Kier alpha value is -2.16. The molecule has 1 aliphatic carbocycles. The van der Waals surface area contributed by atoms with Crippen molar-refractivity contribution in [3.63, 3.8) is 0 Å². The molecule has 2 aromatic rings. The lowest BCUT2D eigenvalue weighted by Gasteiger charge is -2.24. The number of aromatic nitrogens is 2. The number of aromatic amines is 1. The third-order valence-electron chi connectivity index (χ3n) is 3.40. The molecule has 0 radical (unpaired) electrons. The van der Waals surface area contributed by atoms with Crippen LogP contribution in [0.5, 0.6) is 0 Å². The van der Waals surface area contributed by atoms with E-state index in [1.165, 1.54) is 0 Å². The fourth-order valence-electron chi connectivity index (χ4n) is 2.58. The summed E-state index contributed by atoms with van der Waals surface area (Å²) >= 11 is 0. The molecule has 0 bridgehead atoms. The van der Waals surface area contributed by atoms with Crippen molar-refractivity contribution in [2.24, 2.45) is 5.92 Å². The third-order valence-corrected chi connectivity index (χ3v) is 3.40. The molecule has 0 amide bonds. The van der Waals surface area contributed by atoms with Crippen LogP contribution >= 0.6 is 0 Å². The van der Waals surface area contributed by atoms with E-state index in [-0.39, 0.29) is 17.6 Å². The fourth-order valence-corrected chi connectivity index (χ4v) is 2.58. The molecule has 1 aromatic heterocycles. The number of hydrogen-bond acceptors (Lipinski definition) is 2. The molecule has 0 aliphatic heterocycles. The van der Waals surface area contributed by atoms with Crippen molar-refractivity contribution in [3.8, 4) is 0 Å². The molecule has 1 aliphatic rings. The Morgan fingerprint density at radius 2 is 2.00 bits per heavy atom. The van der Waals surface area contributed by atoms with Gasteiger partial charge in [0, 0.05) is 16.9 Å². The van der Waals surface area contributed by atoms with Crippen molar-refractivity contribution in [3.05, 3.63) is 54.8 Å². The number of carbonyl (C=O) groups excluding carboxylic acids is 1. The highest BCUT2D eigenvalue weighted by molar-refractivity contribution is 6.12. The van der Waals surface area contributed by atoms with Gasteiger partial charge in [-0.25, -0.2) is 0 Å². The quantitative estimate of drug-likeness (QED) is 0.797. The van der Waals surface area contributed by atoms with Gasteiger partial charge in [0.15, 0.2) is 5.78 Å². The second kappa shape index (κ2) is 3.42. The van der Waals surface area contributed by atoms with Gasteiger partial charge in [-0.2, -0.15) is 5.10 Å². The molecule has 3 heteroatoms. The van der Waals surface area contributed by atoms with Crippen molar-refractivity contribution in [2.75, 3.05) is 0 Å². The third kappa shape index (κ3) is 1.16. The Morgan fingerprint density at radius 3 is 2.71 bits per heavy atom. The number of rotatable bonds is 2. The van der Waals surface area contributed by atoms with Crippen molar-refractivity contribution < 1.29 is 4.79 Å². The van der Waals surface area contributed by atoms with Crippen molar-refractivity contribution in [2.45, 2.75) is 5.92 Å². The molecular formula is C14H12N2O. The number of allylic oxidation sites excluding steroid dienone is 2. The highest BCUT2D eigenvalue weighted by Gasteiger charge is 2.34. The summed E-state index contributed by atoms with van der Waals surface area (Å²) in [5.74, 6) is -0.199. The van der Waals surface area contributed by atoms with Crippen molar-refractivity contribution in [1.29, 1.82) is 0 Å². The summed E-state index contributed by atoms with van der Waals surface area (Å²) in [5.41, 5.74) is 2.53. The molecule has 3 rings (SSSR count). The van der Waals surface area contributed by atoms with Crippen molar-refractivity contribution >= 4 is 16.7 Å². The number of hydrogen-bond donors (Lipinski definition) is 1. The molecule has 84 valence electrons. The van der Waals surface area contributed by atoms with Gasteiger partial charge < -0.3 is 0 Å². The fraction of sp³-hybridized carbons (Fsp3) is 0.143. The Bertz CT molecular complexity index is 639. The zero-order chi connectivity index (χ0) is 12.0. The lowest BCUT2D eigenvalue weighted by molar-refractivity contribution is 0.0935. The van der Waals surface area contributed by atoms with E-state index >= 15 is 0 Å². The van der Waals surface area contributed by atoms with Crippen LogP contribution in [0.25, 0.3) is 10.9 Å². The predicted molar refractivity (Wildman–Crippen MR) is 67.0 cm³/mol. The van der Waals surface area contributed by atoms with E-state index in [0.29, 0.717) is 0 Å². The molecule has 3 nitrogen and oxygen atoms in total. The van der Waals surface area contributed by atoms with Crippen LogP contribution in [-0.4, -0.2) is 16.0 Å². The first-order valence-electron chi connectivity index (χ1n) is 5.54. The molecule has 17 heavy (non-hydrogen) atoms. The second-order valence-corrected chi connectivity index (χ2v) is 4.22. The number of ketones is 1. The molecule has 2 unspecified atom stereocenters. The zero-order valence-corrected chi connectivity index (χ0v) is 9.31. The van der Waals surface area contributed by atoms with Crippen LogP contribution in [-0.2, 0) is 0 Å². The van der Waals surface area contributed by atoms with E-state index in [1.54, 1.807) is 12.2 Å². The monoisotopic (exact) mass is 224 g/mol. The highest BCUT2D eigenvalue weighted by atomic mass is 16.1. The summed E-state index contributed by atoms with van der Waals surface area (Å²) in [6.07, 6.45) is 3.48. The van der Waals surface area contributed by atoms with E-state index in [1.807, 2.05) is 18.2 Å². The Kier molecular flexibility index (Phi) is 2.01. The molecule has 0 spiro atoms. The first-order chi connectivity index (χ1) is 8.27. The number of benzene rings is 1. The molecule has 2 atom stereocenters.